The Labute approximate surface area is 164 Å². The Kier molecular flexibility index (Phi) is 5.50. The molecule has 1 aliphatic rings. The molecule has 0 amide bonds. The van der Waals surface area contributed by atoms with Crippen LogP contribution in [0.2, 0.25) is 0 Å². The van der Waals surface area contributed by atoms with E-state index < -0.39 is 0 Å². The van der Waals surface area contributed by atoms with E-state index in [4.69, 9.17) is 5.73 Å². The molecular formula is C20H26N6S. The van der Waals surface area contributed by atoms with Crippen molar-refractivity contribution >= 4 is 34.2 Å². The summed E-state index contributed by atoms with van der Waals surface area (Å²) in [4.78, 5) is 5.06. The summed E-state index contributed by atoms with van der Waals surface area (Å²) in [6.07, 6.45) is 1.15. The molecule has 0 unspecified atom stereocenters. The first-order valence-corrected chi connectivity index (χ1v) is 10.4. The van der Waals surface area contributed by atoms with Gasteiger partial charge in [-0.25, -0.2) is 0 Å². The second-order valence-corrected chi connectivity index (χ2v) is 8.02. The number of nitrogens with zero attached hydrogens (tertiary/aromatic N) is 5. The summed E-state index contributed by atoms with van der Waals surface area (Å²) in [6, 6.07) is 15.4. The number of hydrogen-bond acceptors (Lipinski definition) is 6. The number of fused-ring (bicyclic) bond motifs is 1. The first kappa shape index (κ1) is 18.1. The van der Waals surface area contributed by atoms with E-state index in [0.717, 1.165) is 50.1 Å². The quantitative estimate of drug-likeness (QED) is 0.522. The van der Waals surface area contributed by atoms with Gasteiger partial charge in [0.05, 0.1) is 0 Å². The van der Waals surface area contributed by atoms with Gasteiger partial charge in [0.15, 0.2) is 5.16 Å². The van der Waals surface area contributed by atoms with Crippen molar-refractivity contribution in [2.75, 3.05) is 49.1 Å². The third-order valence-corrected chi connectivity index (χ3v) is 6.30. The molecule has 6 nitrogen and oxygen atoms in total. The average Bonchev–Trinajstić information content (AvgIpc) is 3.03. The largest absolute Gasteiger partial charge is 0.369 e. The molecule has 142 valence electrons. The van der Waals surface area contributed by atoms with E-state index in [1.54, 1.807) is 11.8 Å². The zero-order chi connectivity index (χ0) is 18.6. The van der Waals surface area contributed by atoms with Gasteiger partial charge in [0, 0.05) is 44.7 Å². The van der Waals surface area contributed by atoms with Crippen LogP contribution in [0.15, 0.2) is 47.6 Å². The van der Waals surface area contributed by atoms with Crippen molar-refractivity contribution in [1.29, 1.82) is 0 Å². The number of rotatable bonds is 6. The van der Waals surface area contributed by atoms with Crippen molar-refractivity contribution in [3.63, 3.8) is 0 Å². The maximum absolute atomic E-state index is 5.72. The Bertz CT molecular complexity index is 900. The van der Waals surface area contributed by atoms with Crippen LogP contribution < -0.4 is 10.6 Å². The maximum Gasteiger partial charge on any atom is 0.222 e. The van der Waals surface area contributed by atoms with Crippen LogP contribution in [0.5, 0.6) is 0 Å². The van der Waals surface area contributed by atoms with Crippen LogP contribution in [0.25, 0.3) is 10.8 Å². The number of aromatic nitrogens is 3. The summed E-state index contributed by atoms with van der Waals surface area (Å²) in [7, 11) is 1.91. The van der Waals surface area contributed by atoms with Crippen molar-refractivity contribution in [2.45, 2.75) is 11.6 Å². The van der Waals surface area contributed by atoms with Crippen molar-refractivity contribution < 1.29 is 0 Å². The second kappa shape index (κ2) is 8.19. The van der Waals surface area contributed by atoms with Gasteiger partial charge in [-0.05, 0) is 35.9 Å². The average molecular weight is 383 g/mol. The van der Waals surface area contributed by atoms with Crippen LogP contribution in [-0.4, -0.2) is 58.1 Å². The number of piperazine rings is 1. The van der Waals surface area contributed by atoms with Crippen LogP contribution in [0.3, 0.4) is 0 Å². The van der Waals surface area contributed by atoms with Crippen molar-refractivity contribution in [3.05, 3.63) is 42.5 Å². The number of anilines is 2. The lowest BCUT2D eigenvalue weighted by molar-refractivity contribution is 0.259. The summed E-state index contributed by atoms with van der Waals surface area (Å²) in [5.41, 5.74) is 7.05. The maximum atomic E-state index is 5.72. The van der Waals surface area contributed by atoms with E-state index >= 15 is 0 Å². The van der Waals surface area contributed by atoms with E-state index in [0.29, 0.717) is 5.95 Å². The van der Waals surface area contributed by atoms with E-state index in [1.807, 2.05) is 11.6 Å². The van der Waals surface area contributed by atoms with Gasteiger partial charge in [0.1, 0.15) is 0 Å². The first-order valence-electron chi connectivity index (χ1n) is 9.44. The second-order valence-electron chi connectivity index (χ2n) is 6.96. The fourth-order valence-corrected chi connectivity index (χ4v) is 4.35. The standard InChI is InChI=1S/C20H26N6S/c1-24-19(21)22-23-20(24)27-14-4-9-25-10-12-26(13-11-25)18-8-7-16-5-2-3-6-17(16)15-18/h2-3,5-8,15H,4,9-14H2,1H3,(H2,21,22). The lowest BCUT2D eigenvalue weighted by Gasteiger charge is -2.36. The number of nitrogen functional groups attached to an aromatic ring is 1. The van der Waals surface area contributed by atoms with Crippen LogP contribution in [0.1, 0.15) is 6.42 Å². The highest BCUT2D eigenvalue weighted by Gasteiger charge is 2.17. The molecule has 1 saturated heterocycles. The van der Waals surface area contributed by atoms with E-state index in [-0.39, 0.29) is 0 Å². The lowest BCUT2D eigenvalue weighted by atomic mass is 10.1. The SMILES string of the molecule is Cn1c(N)nnc1SCCCN1CCN(c2ccc3ccccc3c2)CC1. The molecule has 4 rings (SSSR count). The molecule has 0 bridgehead atoms. The van der Waals surface area contributed by atoms with Crippen molar-refractivity contribution in [1.82, 2.24) is 19.7 Å². The van der Waals surface area contributed by atoms with Crippen LogP contribution in [0, 0.1) is 0 Å². The smallest absolute Gasteiger partial charge is 0.222 e. The van der Waals surface area contributed by atoms with Gasteiger partial charge in [-0.15, -0.1) is 10.2 Å². The molecule has 1 aromatic heterocycles. The fraction of sp³-hybridized carbons (Fsp3) is 0.400. The summed E-state index contributed by atoms with van der Waals surface area (Å²) in [5, 5.41) is 11.5. The molecule has 2 aromatic carbocycles. The summed E-state index contributed by atoms with van der Waals surface area (Å²) in [5.74, 6) is 1.51. The molecule has 2 N–H and O–H groups in total. The zero-order valence-corrected chi connectivity index (χ0v) is 16.5. The molecule has 0 aliphatic carbocycles. The van der Waals surface area contributed by atoms with Crippen LogP contribution in [-0.2, 0) is 7.05 Å². The molecule has 27 heavy (non-hydrogen) atoms. The molecule has 1 fully saturated rings. The van der Waals surface area contributed by atoms with Gasteiger partial charge in [-0.3, -0.25) is 9.47 Å². The first-order chi connectivity index (χ1) is 13.2. The van der Waals surface area contributed by atoms with Crippen molar-refractivity contribution in [2.24, 2.45) is 7.05 Å². The molecule has 1 aliphatic heterocycles. The van der Waals surface area contributed by atoms with Gasteiger partial charge >= 0.3 is 0 Å². The van der Waals surface area contributed by atoms with Crippen molar-refractivity contribution in [3.8, 4) is 0 Å². The number of nitrogens with two attached hydrogens (primary N) is 1. The molecule has 7 heteroatoms. The van der Waals surface area contributed by atoms with Crippen LogP contribution in [0.4, 0.5) is 11.6 Å². The van der Waals surface area contributed by atoms with Gasteiger partial charge in [0.25, 0.3) is 0 Å². The van der Waals surface area contributed by atoms with E-state index in [1.165, 1.54) is 16.5 Å². The highest BCUT2D eigenvalue weighted by Crippen LogP contribution is 2.23. The number of benzene rings is 2. The Morgan fingerprint density at radius 2 is 1.78 bits per heavy atom. The third kappa shape index (κ3) is 4.20. The predicted octanol–water partition coefficient (Wildman–Crippen LogP) is 2.85. The molecular weight excluding hydrogens is 356 g/mol. The minimum Gasteiger partial charge on any atom is -0.369 e. The minimum atomic E-state index is 0.474. The predicted molar refractivity (Wildman–Crippen MR) is 113 cm³/mol. The molecule has 0 atom stereocenters. The molecule has 3 aromatic rings. The third-order valence-electron chi connectivity index (χ3n) is 5.19. The summed E-state index contributed by atoms with van der Waals surface area (Å²) < 4.78 is 1.84. The molecule has 0 radical (unpaired) electrons. The van der Waals surface area contributed by atoms with E-state index in [9.17, 15) is 0 Å². The number of hydrogen-bond donors (Lipinski definition) is 1. The topological polar surface area (TPSA) is 63.2 Å². The van der Waals surface area contributed by atoms with Crippen LogP contribution >= 0.6 is 11.8 Å². The van der Waals surface area contributed by atoms with Gasteiger partial charge in [-0.1, -0.05) is 42.1 Å². The minimum absolute atomic E-state index is 0.474. The molecule has 2 heterocycles. The number of thioether (sulfide) groups is 1. The Hall–Kier alpha value is -2.25. The zero-order valence-electron chi connectivity index (χ0n) is 15.7. The summed E-state index contributed by atoms with van der Waals surface area (Å²) in [6.45, 7) is 5.55. The monoisotopic (exact) mass is 382 g/mol. The Morgan fingerprint density at radius 1 is 1.00 bits per heavy atom. The highest BCUT2D eigenvalue weighted by atomic mass is 32.2. The lowest BCUT2D eigenvalue weighted by Crippen LogP contribution is -2.46. The molecule has 0 spiro atoms. The highest BCUT2D eigenvalue weighted by molar-refractivity contribution is 7.99. The fourth-order valence-electron chi connectivity index (χ4n) is 3.51. The Balaban J connectivity index is 1.23. The Morgan fingerprint density at radius 3 is 2.52 bits per heavy atom. The normalized spacial score (nSPS) is 15.5. The van der Waals surface area contributed by atoms with E-state index in [2.05, 4.69) is 62.5 Å². The summed E-state index contributed by atoms with van der Waals surface area (Å²) >= 11 is 1.73. The molecule has 0 saturated carbocycles. The van der Waals surface area contributed by atoms with Gasteiger partial charge in [0.2, 0.25) is 5.95 Å². The van der Waals surface area contributed by atoms with Gasteiger partial charge < -0.3 is 10.6 Å². The van der Waals surface area contributed by atoms with Gasteiger partial charge in [-0.2, -0.15) is 0 Å².